The number of nitrogens with one attached hydrogen (secondary N) is 2. The summed E-state index contributed by atoms with van der Waals surface area (Å²) >= 11 is 1.75. The van der Waals surface area contributed by atoms with Crippen molar-refractivity contribution in [3.05, 3.63) is 16.1 Å². The van der Waals surface area contributed by atoms with Crippen LogP contribution >= 0.6 is 35.3 Å². The zero-order chi connectivity index (χ0) is 17.9. The minimum Gasteiger partial charge on any atom is -0.357 e. The molecule has 2 rings (SSSR count). The van der Waals surface area contributed by atoms with Crippen molar-refractivity contribution in [2.24, 2.45) is 10.9 Å². The fourth-order valence-electron chi connectivity index (χ4n) is 3.18. The molecule has 0 saturated carbocycles. The quantitative estimate of drug-likeness (QED) is 0.236. The second-order valence-electron chi connectivity index (χ2n) is 6.93. The van der Waals surface area contributed by atoms with E-state index in [1.165, 1.54) is 42.8 Å². The van der Waals surface area contributed by atoms with Crippen LogP contribution in [0, 0.1) is 12.8 Å². The molecule has 1 fully saturated rings. The first kappa shape index (κ1) is 23.6. The van der Waals surface area contributed by atoms with Crippen molar-refractivity contribution in [1.29, 1.82) is 0 Å². The average molecular weight is 494 g/mol. The number of unbranched alkanes of at least 4 members (excludes halogenated alkanes) is 2. The van der Waals surface area contributed by atoms with Gasteiger partial charge >= 0.3 is 0 Å². The van der Waals surface area contributed by atoms with E-state index in [2.05, 4.69) is 46.7 Å². The first-order valence-corrected chi connectivity index (χ1v) is 10.7. The number of hydrogen-bond acceptors (Lipinski definition) is 4. The molecule has 0 aromatic carbocycles. The van der Waals surface area contributed by atoms with Gasteiger partial charge in [0.1, 0.15) is 0 Å². The molecule has 2 heterocycles. The lowest BCUT2D eigenvalue weighted by molar-refractivity contribution is 0.179. The monoisotopic (exact) mass is 493 g/mol. The Labute approximate surface area is 180 Å². The van der Waals surface area contributed by atoms with Gasteiger partial charge in [-0.2, -0.15) is 0 Å². The number of aryl methyl sites for hydroxylation is 1. The number of halogens is 1. The summed E-state index contributed by atoms with van der Waals surface area (Å²) in [5, 5.41) is 10.2. The van der Waals surface area contributed by atoms with E-state index < -0.39 is 0 Å². The van der Waals surface area contributed by atoms with Crippen LogP contribution in [-0.2, 0) is 6.54 Å². The van der Waals surface area contributed by atoms with Crippen LogP contribution in [-0.4, -0.2) is 48.6 Å². The van der Waals surface area contributed by atoms with Crippen molar-refractivity contribution in [2.75, 3.05) is 32.7 Å². The van der Waals surface area contributed by atoms with Gasteiger partial charge in [0, 0.05) is 31.6 Å². The van der Waals surface area contributed by atoms with Gasteiger partial charge in [-0.05, 0) is 52.1 Å². The fourth-order valence-corrected chi connectivity index (χ4v) is 3.78. The lowest BCUT2D eigenvalue weighted by Crippen LogP contribution is -2.39. The van der Waals surface area contributed by atoms with Crippen LogP contribution in [0.2, 0.25) is 0 Å². The molecular formula is C19H36IN5S. The van der Waals surface area contributed by atoms with E-state index in [0.29, 0.717) is 5.92 Å². The van der Waals surface area contributed by atoms with E-state index >= 15 is 0 Å². The second kappa shape index (κ2) is 13.7. The standard InChI is InChI=1S/C19H35N5S.HI/c1-4-6-7-10-21-19(20-5-2)22-13-17-8-11-24(12-9-17)14-18-15-25-16(3)23-18;/h15,17H,4-14H2,1-3H3,(H2,20,21,22);1H. The van der Waals surface area contributed by atoms with E-state index in [4.69, 9.17) is 4.99 Å². The van der Waals surface area contributed by atoms with E-state index in [1.54, 1.807) is 11.3 Å². The number of guanidine groups is 1. The predicted octanol–water partition coefficient (Wildman–Crippen LogP) is 4.03. The minimum atomic E-state index is 0. The van der Waals surface area contributed by atoms with E-state index in [9.17, 15) is 0 Å². The lowest BCUT2D eigenvalue weighted by Gasteiger charge is -2.30. The SMILES string of the molecule is CCCCCNC(=NCC1CCN(Cc2csc(C)n2)CC1)NCC.I. The first-order valence-electron chi connectivity index (χ1n) is 9.86. The summed E-state index contributed by atoms with van der Waals surface area (Å²) in [7, 11) is 0. The van der Waals surface area contributed by atoms with Gasteiger partial charge in [0.05, 0.1) is 10.7 Å². The van der Waals surface area contributed by atoms with Crippen LogP contribution in [0.1, 0.15) is 56.7 Å². The number of hydrogen-bond donors (Lipinski definition) is 2. The lowest BCUT2D eigenvalue weighted by atomic mass is 9.97. The highest BCUT2D eigenvalue weighted by atomic mass is 127. The Bertz CT molecular complexity index is 512. The molecular weight excluding hydrogens is 457 g/mol. The third-order valence-electron chi connectivity index (χ3n) is 4.68. The van der Waals surface area contributed by atoms with Crippen LogP contribution in [0.3, 0.4) is 0 Å². The molecule has 1 aliphatic rings. The molecule has 0 amide bonds. The van der Waals surface area contributed by atoms with Crippen LogP contribution in [0.4, 0.5) is 0 Å². The van der Waals surface area contributed by atoms with E-state index in [1.807, 2.05) is 0 Å². The maximum atomic E-state index is 4.81. The van der Waals surface area contributed by atoms with Crippen molar-refractivity contribution in [2.45, 2.75) is 59.4 Å². The highest BCUT2D eigenvalue weighted by molar-refractivity contribution is 14.0. The highest BCUT2D eigenvalue weighted by Crippen LogP contribution is 2.20. The van der Waals surface area contributed by atoms with Crippen molar-refractivity contribution in [3.63, 3.8) is 0 Å². The van der Waals surface area contributed by atoms with Gasteiger partial charge in [-0.3, -0.25) is 9.89 Å². The molecule has 7 heteroatoms. The van der Waals surface area contributed by atoms with Gasteiger partial charge < -0.3 is 10.6 Å². The molecule has 0 atom stereocenters. The zero-order valence-corrected chi connectivity index (χ0v) is 19.7. The summed E-state index contributed by atoms with van der Waals surface area (Å²) in [4.78, 5) is 11.9. The van der Waals surface area contributed by atoms with Crippen molar-refractivity contribution >= 4 is 41.3 Å². The molecule has 0 unspecified atom stereocenters. The Morgan fingerprint density at radius 1 is 1.27 bits per heavy atom. The molecule has 2 N–H and O–H groups in total. The number of piperidine rings is 1. The molecule has 0 spiro atoms. The van der Waals surface area contributed by atoms with Crippen molar-refractivity contribution in [1.82, 2.24) is 20.5 Å². The van der Waals surface area contributed by atoms with Gasteiger partial charge in [0.2, 0.25) is 0 Å². The minimum absolute atomic E-state index is 0. The summed E-state index contributed by atoms with van der Waals surface area (Å²) in [6.07, 6.45) is 6.23. The van der Waals surface area contributed by atoms with Crippen molar-refractivity contribution in [3.8, 4) is 0 Å². The topological polar surface area (TPSA) is 52.6 Å². The number of rotatable bonds is 9. The number of thiazole rings is 1. The number of aromatic nitrogens is 1. The summed E-state index contributed by atoms with van der Waals surface area (Å²) in [5.74, 6) is 1.69. The fraction of sp³-hybridized carbons (Fsp3) is 0.789. The summed E-state index contributed by atoms with van der Waals surface area (Å²) < 4.78 is 0. The normalized spacial score (nSPS) is 16.3. The molecule has 1 aliphatic heterocycles. The van der Waals surface area contributed by atoms with Gasteiger partial charge in [-0.25, -0.2) is 4.98 Å². The second-order valence-corrected chi connectivity index (χ2v) is 7.99. The number of likely N-dealkylation sites (tertiary alicyclic amines) is 1. The van der Waals surface area contributed by atoms with Gasteiger partial charge in [-0.1, -0.05) is 19.8 Å². The first-order chi connectivity index (χ1) is 12.2. The van der Waals surface area contributed by atoms with Crippen LogP contribution in [0.5, 0.6) is 0 Å². The molecule has 1 aromatic rings. The maximum Gasteiger partial charge on any atom is 0.191 e. The predicted molar refractivity (Wildman–Crippen MR) is 124 cm³/mol. The van der Waals surface area contributed by atoms with Crippen LogP contribution in [0.15, 0.2) is 10.4 Å². The van der Waals surface area contributed by atoms with Gasteiger partial charge in [0.15, 0.2) is 5.96 Å². The van der Waals surface area contributed by atoms with Crippen LogP contribution in [0.25, 0.3) is 0 Å². The van der Waals surface area contributed by atoms with Crippen LogP contribution < -0.4 is 10.6 Å². The molecule has 26 heavy (non-hydrogen) atoms. The Hall–Kier alpha value is -0.410. The maximum absolute atomic E-state index is 4.81. The molecule has 1 aromatic heterocycles. The third kappa shape index (κ3) is 8.99. The molecule has 0 bridgehead atoms. The Morgan fingerprint density at radius 2 is 2.04 bits per heavy atom. The molecule has 150 valence electrons. The van der Waals surface area contributed by atoms with E-state index in [-0.39, 0.29) is 24.0 Å². The highest BCUT2D eigenvalue weighted by Gasteiger charge is 2.19. The number of aliphatic imine (C=N–C) groups is 1. The molecule has 1 saturated heterocycles. The van der Waals surface area contributed by atoms with Crippen molar-refractivity contribution < 1.29 is 0 Å². The average Bonchev–Trinajstić information content (AvgIpc) is 3.02. The molecule has 0 radical (unpaired) electrons. The molecule has 5 nitrogen and oxygen atoms in total. The summed E-state index contributed by atoms with van der Waals surface area (Å²) in [6, 6.07) is 0. The Kier molecular flexibility index (Phi) is 12.5. The Morgan fingerprint density at radius 3 is 2.65 bits per heavy atom. The summed E-state index contributed by atoms with van der Waals surface area (Å²) in [5.41, 5.74) is 1.23. The van der Waals surface area contributed by atoms with E-state index in [0.717, 1.165) is 45.2 Å². The Balaban J connectivity index is 0.00000338. The third-order valence-corrected chi connectivity index (χ3v) is 5.51. The molecule has 0 aliphatic carbocycles. The van der Waals surface area contributed by atoms with Gasteiger partial charge in [-0.15, -0.1) is 35.3 Å². The van der Waals surface area contributed by atoms with Gasteiger partial charge in [0.25, 0.3) is 0 Å². The smallest absolute Gasteiger partial charge is 0.191 e. The summed E-state index contributed by atoms with van der Waals surface area (Å²) in [6.45, 7) is 12.7. The number of nitrogens with zero attached hydrogens (tertiary/aromatic N) is 3. The zero-order valence-electron chi connectivity index (χ0n) is 16.6. The largest absolute Gasteiger partial charge is 0.357 e.